The zero-order valence-electron chi connectivity index (χ0n) is 21.2. The summed E-state index contributed by atoms with van der Waals surface area (Å²) in [5.41, 5.74) is 5.05. The number of hydrogen-bond donors (Lipinski definition) is 2. The summed E-state index contributed by atoms with van der Waals surface area (Å²) in [6.07, 6.45) is 6.37. The van der Waals surface area contributed by atoms with Gasteiger partial charge in [-0.05, 0) is 92.0 Å². The van der Waals surface area contributed by atoms with Crippen molar-refractivity contribution in [1.82, 2.24) is 19.9 Å². The summed E-state index contributed by atoms with van der Waals surface area (Å²) in [7, 11) is 0. The topological polar surface area (TPSA) is 71.3 Å². The van der Waals surface area contributed by atoms with Crippen LogP contribution >= 0.6 is 23.5 Å². The Morgan fingerprint density at radius 1 is 1.13 bits per heavy atom. The van der Waals surface area contributed by atoms with Crippen LogP contribution in [0.5, 0.6) is 0 Å². The van der Waals surface area contributed by atoms with Crippen LogP contribution in [0.15, 0.2) is 64.6 Å². The normalized spacial score (nSPS) is 16.1. The fourth-order valence-corrected chi connectivity index (χ4v) is 6.81. The summed E-state index contributed by atoms with van der Waals surface area (Å²) in [6, 6.07) is 14.7. The highest BCUT2D eigenvalue weighted by Crippen LogP contribution is 2.33. The van der Waals surface area contributed by atoms with Crippen LogP contribution in [0.2, 0.25) is 0 Å². The summed E-state index contributed by atoms with van der Waals surface area (Å²) < 4.78 is 15.7. The molecule has 9 heteroatoms. The van der Waals surface area contributed by atoms with E-state index in [1.165, 1.54) is 48.2 Å². The predicted octanol–water partition coefficient (Wildman–Crippen LogP) is 6.44. The molecule has 1 saturated heterocycles. The van der Waals surface area contributed by atoms with E-state index >= 15 is 0 Å². The first kappa shape index (κ1) is 25.2. The number of imidazole rings is 1. The first-order valence-corrected chi connectivity index (χ1v) is 15.1. The van der Waals surface area contributed by atoms with Crippen LogP contribution < -0.4 is 10.6 Å². The van der Waals surface area contributed by atoms with Crippen molar-refractivity contribution in [2.24, 2.45) is 5.92 Å². The van der Waals surface area contributed by atoms with Crippen molar-refractivity contribution in [1.29, 1.82) is 0 Å². The maximum absolute atomic E-state index is 13.9. The van der Waals surface area contributed by atoms with E-state index in [9.17, 15) is 9.18 Å². The van der Waals surface area contributed by atoms with Gasteiger partial charge in [0.25, 0.3) is 5.91 Å². The average Bonchev–Trinajstić information content (AvgIpc) is 3.63. The predicted molar refractivity (Wildman–Crippen MR) is 153 cm³/mol. The lowest BCUT2D eigenvalue weighted by atomic mass is 10.0. The van der Waals surface area contributed by atoms with E-state index in [1.54, 1.807) is 6.07 Å². The van der Waals surface area contributed by atoms with Gasteiger partial charge in [0.2, 0.25) is 0 Å². The van der Waals surface area contributed by atoms with Gasteiger partial charge in [-0.2, -0.15) is 16.9 Å². The fraction of sp³-hybridized carbons (Fsp3) is 0.345. The molecule has 1 amide bonds. The van der Waals surface area contributed by atoms with Crippen LogP contribution in [0.25, 0.3) is 16.9 Å². The third kappa shape index (κ3) is 5.68. The van der Waals surface area contributed by atoms with Crippen LogP contribution in [0.4, 0.5) is 10.1 Å². The molecule has 3 heterocycles. The molecular weight excluding hydrogens is 517 g/mol. The van der Waals surface area contributed by atoms with Crippen LogP contribution in [0.3, 0.4) is 0 Å². The number of carbonyl (C=O) groups excluding carboxylic acids is 1. The maximum Gasteiger partial charge on any atom is 0.251 e. The van der Waals surface area contributed by atoms with Gasteiger partial charge in [0.15, 0.2) is 5.65 Å². The van der Waals surface area contributed by atoms with Crippen molar-refractivity contribution in [3.63, 3.8) is 0 Å². The highest BCUT2D eigenvalue weighted by molar-refractivity contribution is 7.99. The second-order valence-corrected chi connectivity index (χ2v) is 12.4. The molecule has 38 heavy (non-hydrogen) atoms. The lowest BCUT2D eigenvalue weighted by Crippen LogP contribution is -2.26. The lowest BCUT2D eigenvalue weighted by Gasteiger charge is -2.22. The van der Waals surface area contributed by atoms with Crippen molar-refractivity contribution >= 4 is 40.8 Å². The number of hydrogen-bond acceptors (Lipinski definition) is 6. The number of aryl methyl sites for hydroxylation is 1. The third-order valence-corrected chi connectivity index (χ3v) is 9.01. The van der Waals surface area contributed by atoms with E-state index < -0.39 is 0 Å². The Labute approximate surface area is 230 Å². The molecule has 196 valence electrons. The largest absolute Gasteiger partial charge is 0.382 e. The van der Waals surface area contributed by atoms with Crippen LogP contribution in [0.1, 0.15) is 41.6 Å². The molecule has 1 saturated carbocycles. The molecule has 2 aromatic heterocycles. The van der Waals surface area contributed by atoms with E-state index in [0.717, 1.165) is 57.5 Å². The molecule has 2 fully saturated rings. The van der Waals surface area contributed by atoms with Gasteiger partial charge in [-0.25, -0.2) is 13.9 Å². The minimum atomic E-state index is -0.269. The number of anilines is 1. The minimum Gasteiger partial charge on any atom is -0.382 e. The standard InChI is InChI=1S/C29H30FN5OS2/c1-18-13-20(5-8-24(18)29(36)33-22-6-7-22)26-17-32-28-25(31-16-19-9-11-37-12-10-19)15-27(34-35(26)28)38-23-4-2-3-21(30)14-23/h2-5,8,13-15,17,19,22,31H,6-7,9-12,16H2,1H3,(H,33,36). The molecule has 0 unspecified atom stereocenters. The number of fused-ring (bicyclic) bond motifs is 1. The summed E-state index contributed by atoms with van der Waals surface area (Å²) in [4.78, 5) is 18.2. The Bertz CT molecular complexity index is 1480. The first-order chi connectivity index (χ1) is 18.5. The molecule has 2 N–H and O–H groups in total. The number of rotatable bonds is 8. The zero-order chi connectivity index (χ0) is 26.1. The van der Waals surface area contributed by atoms with Crippen LogP contribution in [-0.2, 0) is 0 Å². The maximum atomic E-state index is 13.9. The number of nitrogens with zero attached hydrogens (tertiary/aromatic N) is 3. The molecule has 0 radical (unpaired) electrons. The molecule has 1 aliphatic carbocycles. The van der Waals surface area contributed by atoms with E-state index in [1.807, 2.05) is 59.7 Å². The minimum absolute atomic E-state index is 0.0193. The van der Waals surface area contributed by atoms with E-state index in [0.29, 0.717) is 17.5 Å². The van der Waals surface area contributed by atoms with Gasteiger partial charge in [0.05, 0.1) is 17.6 Å². The molecule has 0 bridgehead atoms. The van der Waals surface area contributed by atoms with Gasteiger partial charge in [0.1, 0.15) is 10.8 Å². The van der Waals surface area contributed by atoms with E-state index in [4.69, 9.17) is 10.1 Å². The van der Waals surface area contributed by atoms with Crippen molar-refractivity contribution < 1.29 is 9.18 Å². The highest BCUT2D eigenvalue weighted by atomic mass is 32.2. The molecular formula is C29H30FN5OS2. The second-order valence-electron chi connectivity index (χ2n) is 10.0. The number of nitrogens with one attached hydrogen (secondary N) is 2. The van der Waals surface area contributed by atoms with E-state index in [2.05, 4.69) is 10.6 Å². The van der Waals surface area contributed by atoms with Gasteiger partial charge in [-0.3, -0.25) is 4.79 Å². The molecule has 0 spiro atoms. The molecule has 4 aromatic rings. The Kier molecular flexibility index (Phi) is 7.30. The Morgan fingerprint density at radius 2 is 1.97 bits per heavy atom. The number of thioether (sulfide) groups is 1. The smallest absolute Gasteiger partial charge is 0.251 e. The Morgan fingerprint density at radius 3 is 2.74 bits per heavy atom. The molecule has 6 rings (SSSR count). The number of carbonyl (C=O) groups is 1. The summed E-state index contributed by atoms with van der Waals surface area (Å²) in [5, 5.41) is 12.4. The van der Waals surface area contributed by atoms with E-state index in [-0.39, 0.29) is 11.7 Å². The lowest BCUT2D eigenvalue weighted by molar-refractivity contribution is 0.0950. The number of benzene rings is 2. The molecule has 2 aromatic carbocycles. The Balaban J connectivity index is 1.35. The zero-order valence-corrected chi connectivity index (χ0v) is 22.9. The van der Waals surface area contributed by atoms with Gasteiger partial charge in [-0.1, -0.05) is 23.9 Å². The van der Waals surface area contributed by atoms with Crippen molar-refractivity contribution in [3.05, 3.63) is 71.7 Å². The quantitative estimate of drug-likeness (QED) is 0.264. The first-order valence-electron chi connectivity index (χ1n) is 13.1. The van der Waals surface area contributed by atoms with Crippen molar-refractivity contribution in [2.75, 3.05) is 23.4 Å². The monoisotopic (exact) mass is 547 g/mol. The SMILES string of the molecule is Cc1cc(-c2cnc3c(NCC4CCSCC4)cc(Sc4cccc(F)c4)nn23)ccc1C(=O)NC1CC1. The van der Waals surface area contributed by atoms with Gasteiger partial charge >= 0.3 is 0 Å². The van der Waals surface area contributed by atoms with Gasteiger partial charge in [0, 0.05) is 28.6 Å². The molecule has 0 atom stereocenters. The molecule has 1 aliphatic heterocycles. The van der Waals surface area contributed by atoms with Crippen molar-refractivity contribution in [3.8, 4) is 11.3 Å². The van der Waals surface area contributed by atoms with Crippen molar-refractivity contribution in [2.45, 2.75) is 48.6 Å². The summed E-state index contributed by atoms with van der Waals surface area (Å²) in [5.74, 6) is 2.76. The number of halogens is 1. The number of amides is 1. The van der Waals surface area contributed by atoms with Crippen LogP contribution in [-0.4, -0.2) is 44.6 Å². The van der Waals surface area contributed by atoms with Crippen LogP contribution in [0, 0.1) is 18.7 Å². The summed E-state index contributed by atoms with van der Waals surface area (Å²) in [6.45, 7) is 2.85. The number of aromatic nitrogens is 3. The Hall–Kier alpha value is -3.04. The highest BCUT2D eigenvalue weighted by Gasteiger charge is 2.25. The molecule has 2 aliphatic rings. The second kappa shape index (κ2) is 11.0. The molecule has 6 nitrogen and oxygen atoms in total. The fourth-order valence-electron chi connectivity index (χ4n) is 4.75. The van der Waals surface area contributed by atoms with Gasteiger partial charge in [-0.15, -0.1) is 0 Å². The summed E-state index contributed by atoms with van der Waals surface area (Å²) >= 11 is 3.45. The average molecular weight is 548 g/mol. The van der Waals surface area contributed by atoms with Gasteiger partial charge < -0.3 is 10.6 Å². The third-order valence-electron chi connectivity index (χ3n) is 7.07.